The number of pyridine rings is 1. The molecule has 13 heteroatoms. The van der Waals surface area contributed by atoms with E-state index in [1.807, 2.05) is 0 Å². The largest absolute Gasteiger partial charge is 0.481 e. The zero-order valence-corrected chi connectivity index (χ0v) is 17.6. The summed E-state index contributed by atoms with van der Waals surface area (Å²) < 4.78 is 0. The van der Waals surface area contributed by atoms with Crippen LogP contribution >= 0.6 is 0 Å². The maximum atomic E-state index is 12.4. The maximum Gasteiger partial charge on any atom is 0.326 e. The molecule has 0 radical (unpaired) electrons. The summed E-state index contributed by atoms with van der Waals surface area (Å²) >= 11 is 0. The van der Waals surface area contributed by atoms with Crippen LogP contribution in [-0.4, -0.2) is 55.0 Å². The highest BCUT2D eigenvalue weighted by Gasteiger charge is 2.21. The molecule has 7 N–H and O–H groups in total. The highest BCUT2D eigenvalue weighted by atomic mass is 16.4. The summed E-state index contributed by atoms with van der Waals surface area (Å²) in [5.74, 6) is -3.75. The lowest BCUT2D eigenvalue weighted by Crippen LogP contribution is -2.41. The summed E-state index contributed by atoms with van der Waals surface area (Å²) in [4.78, 5) is 68.8. The Morgan fingerprint density at radius 1 is 1.06 bits per heavy atom. The SMILES string of the molecule is Nc1nc2ncc(C(=O)NCc3ccc(C(=O)N[C@@H](CCC(=O)O)C(=O)O)cc3)cc2c(=O)[nH]1. The summed E-state index contributed by atoms with van der Waals surface area (Å²) in [6.45, 7) is 0.103. The van der Waals surface area contributed by atoms with Gasteiger partial charge in [-0.2, -0.15) is 4.98 Å². The minimum Gasteiger partial charge on any atom is -0.481 e. The maximum absolute atomic E-state index is 12.4. The molecule has 13 nitrogen and oxygen atoms in total. The van der Waals surface area contributed by atoms with Gasteiger partial charge in [0.05, 0.1) is 10.9 Å². The Balaban J connectivity index is 1.61. The van der Waals surface area contributed by atoms with Gasteiger partial charge in [0.15, 0.2) is 5.65 Å². The van der Waals surface area contributed by atoms with Crippen LogP contribution in [0.2, 0.25) is 0 Å². The zero-order chi connectivity index (χ0) is 24.8. The van der Waals surface area contributed by atoms with Crippen LogP contribution in [0.15, 0.2) is 41.3 Å². The summed E-state index contributed by atoms with van der Waals surface area (Å²) in [6, 6.07) is 6.04. The molecular formula is C21H20N6O7. The predicted octanol–water partition coefficient (Wildman–Crippen LogP) is -0.122. The van der Waals surface area contributed by atoms with Gasteiger partial charge in [-0.1, -0.05) is 12.1 Å². The van der Waals surface area contributed by atoms with Gasteiger partial charge in [-0.3, -0.25) is 24.2 Å². The molecule has 176 valence electrons. The molecule has 0 unspecified atom stereocenters. The van der Waals surface area contributed by atoms with Gasteiger partial charge in [0.2, 0.25) is 5.95 Å². The van der Waals surface area contributed by atoms with Gasteiger partial charge in [0.25, 0.3) is 17.4 Å². The fourth-order valence-electron chi connectivity index (χ4n) is 2.99. The Hall–Kier alpha value is -4.81. The van der Waals surface area contributed by atoms with Gasteiger partial charge in [-0.15, -0.1) is 0 Å². The molecule has 3 rings (SSSR count). The second-order valence-electron chi connectivity index (χ2n) is 7.22. The molecule has 34 heavy (non-hydrogen) atoms. The Morgan fingerprint density at radius 3 is 2.41 bits per heavy atom. The number of carbonyl (C=O) groups is 4. The van der Waals surface area contributed by atoms with Crippen molar-refractivity contribution in [2.24, 2.45) is 0 Å². The first-order valence-corrected chi connectivity index (χ1v) is 9.92. The highest BCUT2D eigenvalue weighted by Crippen LogP contribution is 2.10. The van der Waals surface area contributed by atoms with E-state index in [1.54, 1.807) is 12.1 Å². The number of carboxylic acid groups (broad SMARTS) is 2. The van der Waals surface area contributed by atoms with Gasteiger partial charge in [-0.05, 0) is 30.2 Å². The van der Waals surface area contributed by atoms with Crippen LogP contribution in [0.5, 0.6) is 0 Å². The fraction of sp³-hybridized carbons (Fsp3) is 0.190. The lowest BCUT2D eigenvalue weighted by molar-refractivity contribution is -0.140. The molecule has 2 amide bonds. The van der Waals surface area contributed by atoms with Crippen LogP contribution in [0.3, 0.4) is 0 Å². The number of aromatic amines is 1. The van der Waals surface area contributed by atoms with Crippen LogP contribution in [0.25, 0.3) is 11.0 Å². The summed E-state index contributed by atoms with van der Waals surface area (Å²) in [6.07, 6.45) is 0.612. The quantitative estimate of drug-likeness (QED) is 0.244. The molecule has 1 atom stereocenters. The first kappa shape index (κ1) is 23.8. The van der Waals surface area contributed by atoms with E-state index in [0.717, 1.165) is 0 Å². The number of carboxylic acids is 2. The molecular weight excluding hydrogens is 448 g/mol. The number of amides is 2. The number of nitrogens with two attached hydrogens (primary N) is 1. The number of nitrogens with one attached hydrogen (secondary N) is 3. The molecule has 3 aromatic rings. The van der Waals surface area contributed by atoms with Crippen LogP contribution in [0.1, 0.15) is 39.1 Å². The van der Waals surface area contributed by atoms with E-state index in [1.165, 1.54) is 24.4 Å². The van der Waals surface area contributed by atoms with Gasteiger partial charge in [-0.25, -0.2) is 9.78 Å². The summed E-state index contributed by atoms with van der Waals surface area (Å²) in [5.41, 5.74) is 6.01. The van der Waals surface area contributed by atoms with Gasteiger partial charge >= 0.3 is 11.9 Å². The lowest BCUT2D eigenvalue weighted by Gasteiger charge is -2.13. The van der Waals surface area contributed by atoms with Crippen LogP contribution < -0.4 is 21.9 Å². The molecule has 0 saturated carbocycles. The standard InChI is InChI=1S/C21H20N6O7/c22-21-26-16-13(19(32)27-21)7-12(9-23-16)17(30)24-8-10-1-3-11(4-2-10)18(31)25-14(20(33)34)5-6-15(28)29/h1-4,7,9,14H,5-6,8H2,(H,24,30)(H,25,31)(H,28,29)(H,33,34)(H3,22,23,26,27,32)/t14-/m0/s1. The molecule has 1 aromatic carbocycles. The number of aliphatic carboxylic acids is 2. The van der Waals surface area contributed by atoms with Crippen LogP contribution in [-0.2, 0) is 16.1 Å². The molecule has 0 fully saturated rings. The number of H-pyrrole nitrogens is 1. The molecule has 0 aliphatic heterocycles. The van der Waals surface area contributed by atoms with E-state index in [9.17, 15) is 24.0 Å². The van der Waals surface area contributed by atoms with Crippen LogP contribution in [0.4, 0.5) is 5.95 Å². The van der Waals surface area contributed by atoms with E-state index in [-0.39, 0.29) is 41.1 Å². The third kappa shape index (κ3) is 5.91. The number of hydrogen-bond donors (Lipinski definition) is 6. The number of carbonyl (C=O) groups excluding carboxylic acids is 2. The van der Waals surface area contributed by atoms with E-state index in [0.29, 0.717) is 5.56 Å². The van der Waals surface area contributed by atoms with Crippen molar-refractivity contribution in [3.05, 3.63) is 63.6 Å². The van der Waals surface area contributed by atoms with Crippen molar-refractivity contribution in [2.45, 2.75) is 25.4 Å². The first-order valence-electron chi connectivity index (χ1n) is 9.92. The number of aromatic nitrogens is 3. The normalized spacial score (nSPS) is 11.5. The number of anilines is 1. The van der Waals surface area contributed by atoms with Gasteiger partial charge in [0, 0.05) is 24.7 Å². The van der Waals surface area contributed by atoms with E-state index in [2.05, 4.69) is 25.6 Å². The average Bonchev–Trinajstić information content (AvgIpc) is 2.79. The van der Waals surface area contributed by atoms with Crippen molar-refractivity contribution in [3.63, 3.8) is 0 Å². The number of rotatable bonds is 9. The van der Waals surface area contributed by atoms with Crippen LogP contribution in [0, 0.1) is 0 Å². The second kappa shape index (κ2) is 10.2. The van der Waals surface area contributed by atoms with Crippen molar-refractivity contribution in [2.75, 3.05) is 5.73 Å². The molecule has 2 heterocycles. The van der Waals surface area contributed by atoms with Crippen molar-refractivity contribution in [1.82, 2.24) is 25.6 Å². The fourth-order valence-corrected chi connectivity index (χ4v) is 2.99. The molecule has 0 aliphatic rings. The average molecular weight is 468 g/mol. The predicted molar refractivity (Wildman–Crippen MR) is 118 cm³/mol. The van der Waals surface area contributed by atoms with Crippen molar-refractivity contribution in [1.29, 1.82) is 0 Å². The number of benzene rings is 1. The smallest absolute Gasteiger partial charge is 0.326 e. The van der Waals surface area contributed by atoms with Gasteiger partial charge in [0.1, 0.15) is 6.04 Å². The third-order valence-electron chi connectivity index (χ3n) is 4.76. The molecule has 0 aliphatic carbocycles. The van der Waals surface area contributed by atoms with E-state index >= 15 is 0 Å². The van der Waals surface area contributed by atoms with Crippen molar-refractivity contribution < 1.29 is 29.4 Å². The Labute approximate surface area is 191 Å². The molecule has 0 spiro atoms. The molecule has 2 aromatic heterocycles. The lowest BCUT2D eigenvalue weighted by atomic mass is 10.1. The monoisotopic (exact) mass is 468 g/mol. The third-order valence-corrected chi connectivity index (χ3v) is 4.76. The molecule has 0 saturated heterocycles. The number of nitrogen functional groups attached to an aromatic ring is 1. The number of fused-ring (bicyclic) bond motifs is 1. The topological polar surface area (TPSA) is 217 Å². The number of nitrogens with zero attached hydrogens (tertiary/aromatic N) is 2. The summed E-state index contributed by atoms with van der Waals surface area (Å²) in [7, 11) is 0. The van der Waals surface area contributed by atoms with Crippen molar-refractivity contribution >= 4 is 40.7 Å². The highest BCUT2D eigenvalue weighted by molar-refractivity contribution is 5.97. The Kier molecular flexibility index (Phi) is 7.16. The van der Waals surface area contributed by atoms with E-state index < -0.39 is 41.8 Å². The zero-order valence-electron chi connectivity index (χ0n) is 17.6. The Morgan fingerprint density at radius 2 is 1.76 bits per heavy atom. The Bertz CT molecular complexity index is 1320. The minimum absolute atomic E-state index is 0.0851. The number of hydrogen-bond acceptors (Lipinski definition) is 8. The van der Waals surface area contributed by atoms with E-state index in [4.69, 9.17) is 15.9 Å². The van der Waals surface area contributed by atoms with Crippen molar-refractivity contribution in [3.8, 4) is 0 Å². The van der Waals surface area contributed by atoms with Gasteiger partial charge < -0.3 is 26.6 Å². The summed E-state index contributed by atoms with van der Waals surface area (Å²) in [5, 5.41) is 22.9. The molecule has 0 bridgehead atoms. The minimum atomic E-state index is -1.34. The first-order chi connectivity index (χ1) is 16.1. The second-order valence-corrected chi connectivity index (χ2v) is 7.22.